The fraction of sp³-hybridized carbons (Fsp3) is 0.562. The van der Waals surface area contributed by atoms with Crippen LogP contribution in [0, 0.1) is 5.82 Å². The molecule has 1 aromatic carbocycles. The molecule has 0 heterocycles. The Hall–Kier alpha value is -1.07. The number of aliphatic carboxylic acids is 1. The van der Waals surface area contributed by atoms with Gasteiger partial charge in [0.2, 0.25) is 0 Å². The largest absolute Gasteiger partial charge is 0.480 e. The van der Waals surface area contributed by atoms with E-state index >= 15 is 0 Å². The van der Waals surface area contributed by atoms with Gasteiger partial charge in [-0.2, -0.15) is 0 Å². The van der Waals surface area contributed by atoms with Gasteiger partial charge in [-0.3, -0.25) is 10.1 Å². The molecule has 1 saturated carbocycles. The molecule has 0 amide bonds. The summed E-state index contributed by atoms with van der Waals surface area (Å²) < 4.78 is 13.8. The van der Waals surface area contributed by atoms with Crippen LogP contribution < -0.4 is 5.32 Å². The maximum Gasteiger partial charge on any atom is 0.323 e. The van der Waals surface area contributed by atoms with Crippen LogP contribution in [0.3, 0.4) is 0 Å². The molecule has 0 bridgehead atoms. The van der Waals surface area contributed by atoms with E-state index in [1.165, 1.54) is 17.8 Å². The first-order valence-electron chi connectivity index (χ1n) is 7.35. The lowest BCUT2D eigenvalue weighted by atomic mass is 9.81. The van der Waals surface area contributed by atoms with Crippen molar-refractivity contribution in [2.45, 2.75) is 61.3 Å². The first-order chi connectivity index (χ1) is 9.93. The van der Waals surface area contributed by atoms with E-state index in [4.69, 9.17) is 0 Å². The van der Waals surface area contributed by atoms with Crippen LogP contribution >= 0.6 is 11.8 Å². The van der Waals surface area contributed by atoms with Gasteiger partial charge in [-0.1, -0.05) is 12.1 Å². The number of carboxylic acids is 1. The fourth-order valence-corrected chi connectivity index (χ4v) is 4.33. The highest BCUT2D eigenvalue weighted by atomic mass is 32.2. The van der Waals surface area contributed by atoms with Crippen molar-refractivity contribution in [2.75, 3.05) is 0 Å². The first kappa shape index (κ1) is 16.3. The number of hydrogen-bond donors (Lipinski definition) is 2. The standard InChI is InChI=1S/C16H22FNO2S/c1-11(2)18-16(15(19)20)9-5-6-12(10-16)21-14-8-4-3-7-13(14)17/h3-4,7-8,11-12,18H,5-6,9-10H2,1-2H3,(H,19,20). The summed E-state index contributed by atoms with van der Waals surface area (Å²) in [6, 6.07) is 6.79. The van der Waals surface area contributed by atoms with Gasteiger partial charge in [0.25, 0.3) is 0 Å². The predicted molar refractivity (Wildman–Crippen MR) is 83.2 cm³/mol. The average Bonchev–Trinajstić information content (AvgIpc) is 2.41. The second-order valence-corrected chi connectivity index (χ2v) is 7.30. The zero-order valence-electron chi connectivity index (χ0n) is 12.4. The number of carboxylic acid groups (broad SMARTS) is 1. The SMILES string of the molecule is CC(C)NC1(C(=O)O)CCCC(Sc2ccccc2F)C1. The Bertz CT molecular complexity index is 509. The Kier molecular flexibility index (Phi) is 5.27. The van der Waals surface area contributed by atoms with E-state index in [-0.39, 0.29) is 17.1 Å². The zero-order valence-corrected chi connectivity index (χ0v) is 13.3. The molecule has 1 fully saturated rings. The van der Waals surface area contributed by atoms with Gasteiger partial charge < -0.3 is 5.11 Å². The number of halogens is 1. The minimum Gasteiger partial charge on any atom is -0.480 e. The van der Waals surface area contributed by atoms with Crippen molar-refractivity contribution < 1.29 is 14.3 Å². The van der Waals surface area contributed by atoms with E-state index in [9.17, 15) is 14.3 Å². The van der Waals surface area contributed by atoms with E-state index in [0.29, 0.717) is 17.7 Å². The topological polar surface area (TPSA) is 49.3 Å². The molecule has 1 aliphatic carbocycles. The molecule has 2 rings (SSSR count). The summed E-state index contributed by atoms with van der Waals surface area (Å²) in [7, 11) is 0. The number of nitrogens with one attached hydrogen (secondary N) is 1. The Morgan fingerprint density at radius 3 is 2.81 bits per heavy atom. The lowest BCUT2D eigenvalue weighted by molar-refractivity contribution is -0.146. The highest BCUT2D eigenvalue weighted by Crippen LogP contribution is 2.39. The molecule has 0 radical (unpaired) electrons. The third kappa shape index (κ3) is 3.98. The summed E-state index contributed by atoms with van der Waals surface area (Å²) in [5.41, 5.74) is -0.880. The summed E-state index contributed by atoms with van der Waals surface area (Å²) in [6.45, 7) is 3.91. The molecule has 0 aromatic heterocycles. The molecule has 0 aliphatic heterocycles. The highest BCUT2D eigenvalue weighted by Gasteiger charge is 2.43. The van der Waals surface area contributed by atoms with Crippen molar-refractivity contribution in [3.63, 3.8) is 0 Å². The second-order valence-electron chi connectivity index (χ2n) is 5.95. The van der Waals surface area contributed by atoms with Crippen LogP contribution in [0.5, 0.6) is 0 Å². The van der Waals surface area contributed by atoms with E-state index in [0.717, 1.165) is 12.8 Å². The highest BCUT2D eigenvalue weighted by molar-refractivity contribution is 8.00. The fourth-order valence-electron chi connectivity index (χ4n) is 2.98. The van der Waals surface area contributed by atoms with Crippen LogP contribution in [0.25, 0.3) is 0 Å². The van der Waals surface area contributed by atoms with Crippen LogP contribution in [0.15, 0.2) is 29.2 Å². The number of benzene rings is 1. The van der Waals surface area contributed by atoms with Gasteiger partial charge in [-0.05, 0) is 51.7 Å². The summed E-state index contributed by atoms with van der Waals surface area (Å²) in [4.78, 5) is 12.3. The van der Waals surface area contributed by atoms with Crippen LogP contribution in [0.4, 0.5) is 4.39 Å². The van der Waals surface area contributed by atoms with Crippen molar-refractivity contribution in [2.24, 2.45) is 0 Å². The zero-order chi connectivity index (χ0) is 15.5. The van der Waals surface area contributed by atoms with Crippen molar-refractivity contribution in [3.8, 4) is 0 Å². The third-order valence-corrected chi connectivity index (χ3v) is 5.13. The molecule has 21 heavy (non-hydrogen) atoms. The maximum atomic E-state index is 13.8. The summed E-state index contributed by atoms with van der Waals surface area (Å²) in [6.07, 6.45) is 2.93. The summed E-state index contributed by atoms with van der Waals surface area (Å²) in [5.74, 6) is -1.03. The van der Waals surface area contributed by atoms with Gasteiger partial charge in [0.05, 0.1) is 0 Å². The van der Waals surface area contributed by atoms with E-state index in [1.54, 1.807) is 12.1 Å². The van der Waals surface area contributed by atoms with Crippen LogP contribution in [0.2, 0.25) is 0 Å². The van der Waals surface area contributed by atoms with Gasteiger partial charge in [0.15, 0.2) is 0 Å². The molecule has 2 atom stereocenters. The molecule has 2 N–H and O–H groups in total. The predicted octanol–water partition coefficient (Wildman–Crippen LogP) is 3.68. The van der Waals surface area contributed by atoms with Crippen molar-refractivity contribution in [1.82, 2.24) is 5.32 Å². The summed E-state index contributed by atoms with van der Waals surface area (Å²) >= 11 is 1.46. The molecule has 2 unspecified atom stereocenters. The van der Waals surface area contributed by atoms with Gasteiger partial charge in [-0.15, -0.1) is 11.8 Å². The Labute approximate surface area is 129 Å². The summed E-state index contributed by atoms with van der Waals surface area (Å²) in [5, 5.41) is 13.0. The molecule has 1 aromatic rings. The number of rotatable bonds is 5. The molecular formula is C16H22FNO2S. The average molecular weight is 311 g/mol. The molecule has 1 aliphatic rings. The van der Waals surface area contributed by atoms with Gasteiger partial charge in [0, 0.05) is 16.2 Å². The monoisotopic (exact) mass is 311 g/mol. The van der Waals surface area contributed by atoms with E-state index in [1.807, 2.05) is 19.9 Å². The minimum atomic E-state index is -0.880. The van der Waals surface area contributed by atoms with Crippen LogP contribution in [0.1, 0.15) is 39.5 Å². The van der Waals surface area contributed by atoms with Crippen molar-refractivity contribution in [3.05, 3.63) is 30.1 Å². The Morgan fingerprint density at radius 1 is 1.48 bits per heavy atom. The number of hydrogen-bond acceptors (Lipinski definition) is 3. The van der Waals surface area contributed by atoms with Crippen molar-refractivity contribution in [1.29, 1.82) is 0 Å². The second kappa shape index (κ2) is 6.79. The molecule has 0 spiro atoms. The van der Waals surface area contributed by atoms with Crippen LogP contribution in [-0.2, 0) is 4.79 Å². The molecular weight excluding hydrogens is 289 g/mol. The Morgan fingerprint density at radius 2 is 2.19 bits per heavy atom. The molecule has 3 nitrogen and oxygen atoms in total. The lowest BCUT2D eigenvalue weighted by Gasteiger charge is -2.39. The molecule has 5 heteroatoms. The van der Waals surface area contributed by atoms with E-state index in [2.05, 4.69) is 5.32 Å². The van der Waals surface area contributed by atoms with E-state index < -0.39 is 11.5 Å². The Balaban J connectivity index is 2.12. The van der Waals surface area contributed by atoms with Crippen LogP contribution in [-0.4, -0.2) is 27.9 Å². The maximum absolute atomic E-state index is 13.8. The molecule has 0 saturated heterocycles. The lowest BCUT2D eigenvalue weighted by Crippen LogP contribution is -2.57. The minimum absolute atomic E-state index is 0.110. The normalized spacial score (nSPS) is 26.0. The van der Waals surface area contributed by atoms with Gasteiger partial charge >= 0.3 is 5.97 Å². The van der Waals surface area contributed by atoms with Crippen molar-refractivity contribution >= 4 is 17.7 Å². The van der Waals surface area contributed by atoms with Gasteiger partial charge in [-0.25, -0.2) is 4.39 Å². The quantitative estimate of drug-likeness (QED) is 0.871. The third-order valence-electron chi connectivity index (χ3n) is 3.81. The number of thioether (sulfide) groups is 1. The smallest absolute Gasteiger partial charge is 0.323 e. The van der Waals surface area contributed by atoms with Gasteiger partial charge in [0.1, 0.15) is 11.4 Å². The first-order valence-corrected chi connectivity index (χ1v) is 8.23. The number of carbonyl (C=O) groups is 1. The molecule has 116 valence electrons.